The summed E-state index contributed by atoms with van der Waals surface area (Å²) in [7, 11) is 0.973. The first-order valence-electron chi connectivity index (χ1n) is 17.5. The zero-order valence-corrected chi connectivity index (χ0v) is 37.2. The smallest absolute Gasteiger partial charge is 0.468 e. The van der Waals surface area contributed by atoms with Gasteiger partial charge in [-0.2, -0.15) is 13.2 Å². The van der Waals surface area contributed by atoms with Gasteiger partial charge in [0.25, 0.3) is 5.24 Å². The van der Waals surface area contributed by atoms with Crippen molar-refractivity contribution in [1.29, 1.82) is 0 Å². The number of furan rings is 1. The molecule has 0 unspecified atom stereocenters. The molecule has 0 bridgehead atoms. The molecule has 1 fully saturated rings. The Hall–Kier alpha value is -3.63. The Bertz CT molecular complexity index is 2150. The summed E-state index contributed by atoms with van der Waals surface area (Å²) in [6.45, 7) is 13.7. The van der Waals surface area contributed by atoms with E-state index in [1.54, 1.807) is 0 Å². The van der Waals surface area contributed by atoms with Crippen molar-refractivity contribution in [3.8, 4) is 0 Å². The molecule has 0 spiro atoms. The molecular weight excluding hydrogens is 885 g/mol. The standard InChI is InChI=1S/C17H25BO4.C12H9ClO.C6H6BrClN2.C6H6F3NO.ClH/c1-15(2,14(19)20-7)12-9-8-10-13(11-12)18-21-16(3,4)17(5,6)22-18;1-8-6-7-9-4-2-3-5-10(9)11(8)12(13)14;7-5-2-1-4(3-8)6(9)10-5;7-6(8,9)5-2-1-4(3-10)11-5;/h8-11H,1-7H3;2-7H,1H3;1-2H,3H2,(H2,9,10);1-2H,3,10H2;1H. The largest absolute Gasteiger partial charge is 0.494 e. The summed E-state index contributed by atoms with van der Waals surface area (Å²) < 4.78 is 57.5. The number of nitrogens with two attached hydrogens (primary N) is 2. The van der Waals surface area contributed by atoms with Crippen LogP contribution in [0.25, 0.3) is 10.8 Å². The number of anilines is 1. The lowest BCUT2D eigenvalue weighted by molar-refractivity contribution is -0.153. The molecule has 0 atom stereocenters. The number of esters is 1. The number of aryl methyl sites for hydroxylation is 1. The molecule has 6 rings (SSSR count). The third-order valence-corrected chi connectivity index (χ3v) is 10.3. The lowest BCUT2D eigenvalue weighted by atomic mass is 9.75. The second kappa shape index (κ2) is 21.1. The average Bonchev–Trinajstić information content (AvgIpc) is 3.73. The lowest BCUT2D eigenvalue weighted by Crippen LogP contribution is -2.41. The summed E-state index contributed by atoms with van der Waals surface area (Å²) >= 11 is 14.3. The van der Waals surface area contributed by atoms with Gasteiger partial charge in [0.2, 0.25) is 5.76 Å². The monoisotopic (exact) mass is 929 g/mol. The van der Waals surface area contributed by atoms with Crippen LogP contribution in [0, 0.1) is 6.92 Å². The summed E-state index contributed by atoms with van der Waals surface area (Å²) in [5, 5.41) is 1.58. The third-order valence-electron chi connectivity index (χ3n) is 9.43. The third kappa shape index (κ3) is 12.9. The van der Waals surface area contributed by atoms with E-state index in [0.717, 1.165) is 43.6 Å². The van der Waals surface area contributed by atoms with E-state index in [0.29, 0.717) is 17.3 Å². The van der Waals surface area contributed by atoms with Gasteiger partial charge in [-0.1, -0.05) is 66.7 Å². The number of ether oxygens (including phenoxy) is 1. The molecule has 1 aliphatic heterocycles. The number of hydrogen-bond donors (Lipinski definition) is 2. The molecule has 1 saturated heterocycles. The Labute approximate surface area is 362 Å². The fraction of sp³-hybridized carbons (Fsp3) is 0.341. The quantitative estimate of drug-likeness (QED) is 0.0560. The number of benzene rings is 3. The van der Waals surface area contributed by atoms with E-state index < -0.39 is 24.5 Å². The van der Waals surface area contributed by atoms with Crippen LogP contribution in [-0.2, 0) is 42.9 Å². The SMILES string of the molecule is COC(=O)C(C)(C)c1cccc(B2OC(C)(C)C(C)(C)O2)c1.Cc1ccc2ccccc2c1C(=O)Cl.Cl.NCc1ccc(C(F)(F)F)o1.Nc1nc(Br)ccc1CCl. The van der Waals surface area contributed by atoms with Gasteiger partial charge >= 0.3 is 19.3 Å². The van der Waals surface area contributed by atoms with Crippen LogP contribution in [0.15, 0.2) is 93.9 Å². The molecular formula is C41H47BBrCl3F3N3O6. The molecule has 17 heteroatoms. The van der Waals surface area contributed by atoms with E-state index in [-0.39, 0.29) is 47.1 Å². The number of carbonyl (C=O) groups is 2. The summed E-state index contributed by atoms with van der Waals surface area (Å²) in [5.41, 5.74) is 13.3. The van der Waals surface area contributed by atoms with Crippen molar-refractivity contribution in [3.05, 3.63) is 123 Å². The number of alkyl halides is 4. The van der Waals surface area contributed by atoms with Crippen molar-refractivity contribution < 1.29 is 41.2 Å². The zero-order valence-electron chi connectivity index (χ0n) is 33.3. The Balaban J connectivity index is 0.000000280. The molecule has 0 saturated carbocycles. The van der Waals surface area contributed by atoms with Crippen LogP contribution in [0.2, 0.25) is 0 Å². The Morgan fingerprint density at radius 1 is 0.931 bits per heavy atom. The number of carbonyl (C=O) groups excluding carboxylic acids is 2. The fourth-order valence-electron chi connectivity index (χ4n) is 5.30. The minimum Gasteiger partial charge on any atom is -0.468 e. The zero-order chi connectivity index (χ0) is 42.9. The van der Waals surface area contributed by atoms with Gasteiger partial charge in [0.1, 0.15) is 16.2 Å². The lowest BCUT2D eigenvalue weighted by Gasteiger charge is -2.32. The van der Waals surface area contributed by atoms with Gasteiger partial charge in [-0.05, 0) is 122 Å². The van der Waals surface area contributed by atoms with Crippen LogP contribution < -0.4 is 16.9 Å². The van der Waals surface area contributed by atoms with E-state index in [4.69, 9.17) is 48.7 Å². The maximum absolute atomic E-state index is 12.0. The van der Waals surface area contributed by atoms with Crippen LogP contribution >= 0.6 is 51.5 Å². The number of hydrogen-bond acceptors (Lipinski definition) is 9. The van der Waals surface area contributed by atoms with Crippen LogP contribution in [0.5, 0.6) is 0 Å². The minimum atomic E-state index is -4.41. The first kappa shape index (κ1) is 50.5. The Morgan fingerprint density at radius 2 is 1.55 bits per heavy atom. The minimum absolute atomic E-state index is 0. The van der Waals surface area contributed by atoms with Gasteiger partial charge in [0.05, 0.1) is 36.2 Å². The highest BCUT2D eigenvalue weighted by atomic mass is 79.9. The van der Waals surface area contributed by atoms with Crippen LogP contribution in [0.1, 0.15) is 80.1 Å². The molecule has 0 aliphatic carbocycles. The molecule has 3 aromatic carbocycles. The van der Waals surface area contributed by atoms with Gasteiger partial charge in [0, 0.05) is 11.1 Å². The molecule has 3 heterocycles. The first-order chi connectivity index (χ1) is 26.5. The van der Waals surface area contributed by atoms with Gasteiger partial charge in [-0.15, -0.1) is 24.0 Å². The number of aromatic nitrogens is 1. The number of fused-ring (bicyclic) bond motifs is 1. The van der Waals surface area contributed by atoms with Crippen molar-refractivity contribution in [2.75, 3.05) is 12.8 Å². The van der Waals surface area contributed by atoms with Crippen LogP contribution in [0.4, 0.5) is 19.0 Å². The second-order valence-corrected chi connectivity index (χ2v) is 15.8. The number of methoxy groups -OCH3 is 1. The van der Waals surface area contributed by atoms with Crippen molar-refractivity contribution in [3.63, 3.8) is 0 Å². The molecule has 314 valence electrons. The fourth-order valence-corrected chi connectivity index (χ4v) is 6.10. The highest BCUT2D eigenvalue weighted by Gasteiger charge is 2.52. The number of pyridine rings is 1. The van der Waals surface area contributed by atoms with Gasteiger partial charge in [-0.3, -0.25) is 9.59 Å². The molecule has 9 nitrogen and oxygen atoms in total. The molecule has 2 aromatic heterocycles. The number of rotatable bonds is 6. The number of nitrogen functional groups attached to an aromatic ring is 1. The molecule has 0 amide bonds. The van der Waals surface area contributed by atoms with Crippen molar-refractivity contribution in [2.24, 2.45) is 5.73 Å². The van der Waals surface area contributed by atoms with Crippen LogP contribution in [0.3, 0.4) is 0 Å². The topological polar surface area (TPSA) is 140 Å². The van der Waals surface area contributed by atoms with Crippen molar-refractivity contribution in [2.45, 2.75) is 83.7 Å². The first-order valence-corrected chi connectivity index (χ1v) is 19.2. The highest BCUT2D eigenvalue weighted by molar-refractivity contribution is 9.10. The molecule has 58 heavy (non-hydrogen) atoms. The van der Waals surface area contributed by atoms with Gasteiger partial charge in [-0.25, -0.2) is 4.98 Å². The van der Waals surface area contributed by atoms with E-state index in [1.165, 1.54) is 13.2 Å². The van der Waals surface area contributed by atoms with Gasteiger partial charge < -0.3 is 29.9 Å². The Morgan fingerprint density at radius 3 is 2.05 bits per heavy atom. The van der Waals surface area contributed by atoms with E-state index >= 15 is 0 Å². The van der Waals surface area contributed by atoms with Crippen molar-refractivity contribution in [1.82, 2.24) is 4.98 Å². The number of halogens is 7. The molecule has 5 aromatic rings. The second-order valence-electron chi connectivity index (χ2n) is 14.4. The summed E-state index contributed by atoms with van der Waals surface area (Å²) in [4.78, 5) is 27.2. The Kier molecular flexibility index (Phi) is 18.3. The maximum Gasteiger partial charge on any atom is 0.494 e. The summed E-state index contributed by atoms with van der Waals surface area (Å²) in [6, 6.07) is 25.1. The van der Waals surface area contributed by atoms with Crippen LogP contribution in [-0.4, -0.2) is 41.6 Å². The van der Waals surface area contributed by atoms with Crippen molar-refractivity contribution >= 4 is 91.9 Å². The average molecular weight is 932 g/mol. The van der Waals surface area contributed by atoms with E-state index in [1.807, 2.05) is 121 Å². The maximum atomic E-state index is 12.0. The summed E-state index contributed by atoms with van der Waals surface area (Å²) in [6.07, 6.45) is -4.41. The molecule has 0 radical (unpaired) electrons. The van der Waals surface area contributed by atoms with Gasteiger partial charge in [0.15, 0.2) is 0 Å². The van der Waals surface area contributed by atoms with E-state index in [9.17, 15) is 22.8 Å². The molecule has 4 N–H and O–H groups in total. The normalized spacial score (nSPS) is 14.1. The predicted octanol–water partition coefficient (Wildman–Crippen LogP) is 10.3. The highest BCUT2D eigenvalue weighted by Crippen LogP contribution is 2.37. The van der Waals surface area contributed by atoms with E-state index in [2.05, 4.69) is 25.3 Å². The predicted molar refractivity (Wildman–Crippen MR) is 231 cm³/mol. The summed E-state index contributed by atoms with van der Waals surface area (Å²) in [5.74, 6) is -0.232. The number of nitrogens with zero attached hydrogens (tertiary/aromatic N) is 1. The molecule has 1 aliphatic rings.